The number of aromatic nitrogens is 3. The molecule has 4 rings (SSSR count). The molecule has 1 fully saturated rings. The van der Waals surface area contributed by atoms with Crippen LogP contribution in [0.3, 0.4) is 0 Å². The first kappa shape index (κ1) is 21.9. The first-order valence-corrected chi connectivity index (χ1v) is 10.5. The average Bonchev–Trinajstić information content (AvgIpc) is 2.81. The van der Waals surface area contributed by atoms with Crippen molar-refractivity contribution >= 4 is 35.0 Å². The van der Waals surface area contributed by atoms with Gasteiger partial charge in [0.25, 0.3) is 0 Å². The van der Waals surface area contributed by atoms with Gasteiger partial charge < -0.3 is 20.4 Å². The van der Waals surface area contributed by atoms with E-state index in [1.807, 2.05) is 0 Å². The van der Waals surface area contributed by atoms with Crippen molar-refractivity contribution < 1.29 is 19.4 Å². The van der Waals surface area contributed by atoms with Gasteiger partial charge in [0, 0.05) is 55.1 Å². The maximum atomic E-state index is 13.5. The van der Waals surface area contributed by atoms with Crippen LogP contribution in [0.5, 0.6) is 0 Å². The molecule has 0 spiro atoms. The summed E-state index contributed by atoms with van der Waals surface area (Å²) in [5.74, 6) is -0.615. The third-order valence-corrected chi connectivity index (χ3v) is 5.61. The number of nitrogens with zero attached hydrogens (tertiary/aromatic N) is 4. The van der Waals surface area contributed by atoms with Gasteiger partial charge >= 0.3 is 5.97 Å². The molecule has 0 amide bonds. The number of aliphatic hydroxyl groups is 1. The van der Waals surface area contributed by atoms with Crippen molar-refractivity contribution in [3.63, 3.8) is 0 Å². The third kappa shape index (κ3) is 4.79. The molecule has 32 heavy (non-hydrogen) atoms. The van der Waals surface area contributed by atoms with Crippen molar-refractivity contribution in [3.05, 3.63) is 59.3 Å². The summed E-state index contributed by atoms with van der Waals surface area (Å²) in [6, 6.07) is 5.75. The number of hydrogen-bond donors (Lipinski definition) is 3. The Morgan fingerprint density at radius 1 is 1.28 bits per heavy atom. The van der Waals surface area contributed by atoms with E-state index in [1.54, 1.807) is 12.4 Å². The zero-order chi connectivity index (χ0) is 22.7. The molecule has 3 N–H and O–H groups in total. The Labute approximate surface area is 188 Å². The minimum absolute atomic E-state index is 0.0229. The lowest BCUT2D eigenvalue weighted by Crippen LogP contribution is -2.37. The Hall–Kier alpha value is -3.30. The fourth-order valence-electron chi connectivity index (χ4n) is 3.69. The Kier molecular flexibility index (Phi) is 6.48. The van der Waals surface area contributed by atoms with Crippen LogP contribution in [0, 0.1) is 11.7 Å². The molecule has 1 aliphatic heterocycles. The molecule has 1 saturated heterocycles. The highest BCUT2D eigenvalue weighted by Gasteiger charge is 2.24. The molecule has 3 aromatic rings. The van der Waals surface area contributed by atoms with Crippen LogP contribution in [0.15, 0.2) is 42.9 Å². The average molecular weight is 458 g/mol. The van der Waals surface area contributed by atoms with Crippen LogP contribution >= 0.6 is 11.6 Å². The number of carbonyl (C=O) groups is 1. The van der Waals surface area contributed by atoms with Gasteiger partial charge in [-0.3, -0.25) is 4.98 Å². The van der Waals surface area contributed by atoms with Crippen molar-refractivity contribution in [1.29, 1.82) is 0 Å². The second-order valence-electron chi connectivity index (χ2n) is 7.59. The summed E-state index contributed by atoms with van der Waals surface area (Å²) < 4.78 is 13.5. The number of aliphatic hydroxyl groups excluding tert-OH is 1. The third-order valence-electron chi connectivity index (χ3n) is 5.32. The summed E-state index contributed by atoms with van der Waals surface area (Å²) in [5.41, 5.74) is 1.78. The number of carboxylic acids is 1. The van der Waals surface area contributed by atoms with Crippen molar-refractivity contribution in [2.45, 2.75) is 12.8 Å². The van der Waals surface area contributed by atoms with E-state index in [0.717, 1.165) is 19.4 Å². The molecule has 1 atom stereocenters. The zero-order valence-electron chi connectivity index (χ0n) is 17.0. The second-order valence-corrected chi connectivity index (χ2v) is 8.00. The summed E-state index contributed by atoms with van der Waals surface area (Å²) in [5, 5.41) is 22.0. The number of carboxylic acid groups (broad SMARTS) is 1. The first-order valence-electron chi connectivity index (χ1n) is 10.1. The lowest BCUT2D eigenvalue weighted by Gasteiger charge is -2.34. The predicted octanol–water partition coefficient (Wildman–Crippen LogP) is 3.98. The smallest absolute Gasteiger partial charge is 0.337 e. The molecular weight excluding hydrogens is 437 g/mol. The molecular formula is C22H21ClFN5O3. The number of rotatable bonds is 6. The number of halogens is 2. The van der Waals surface area contributed by atoms with Crippen molar-refractivity contribution in [1.82, 2.24) is 15.0 Å². The number of piperidine rings is 1. The van der Waals surface area contributed by atoms with Gasteiger partial charge in [0.2, 0.25) is 5.95 Å². The first-order chi connectivity index (χ1) is 15.4. The van der Waals surface area contributed by atoms with Gasteiger partial charge in [0.05, 0.1) is 10.6 Å². The fraction of sp³-hybridized carbons (Fsp3) is 0.273. The van der Waals surface area contributed by atoms with Gasteiger partial charge in [0.1, 0.15) is 11.6 Å². The van der Waals surface area contributed by atoms with Crippen LogP contribution in [0.25, 0.3) is 11.1 Å². The van der Waals surface area contributed by atoms with Crippen LogP contribution < -0.4 is 10.2 Å². The zero-order valence-corrected chi connectivity index (χ0v) is 17.8. The minimum atomic E-state index is -1.08. The minimum Gasteiger partial charge on any atom is -0.478 e. The molecule has 1 aliphatic rings. The largest absolute Gasteiger partial charge is 0.478 e. The molecule has 3 heterocycles. The topological polar surface area (TPSA) is 111 Å². The van der Waals surface area contributed by atoms with E-state index in [4.69, 9.17) is 11.6 Å². The van der Waals surface area contributed by atoms with E-state index in [9.17, 15) is 19.4 Å². The van der Waals surface area contributed by atoms with E-state index in [0.29, 0.717) is 29.2 Å². The highest BCUT2D eigenvalue weighted by Crippen LogP contribution is 2.33. The number of benzene rings is 1. The lowest BCUT2D eigenvalue weighted by atomic mass is 9.98. The van der Waals surface area contributed by atoms with E-state index in [-0.39, 0.29) is 29.1 Å². The molecule has 0 saturated carbocycles. The van der Waals surface area contributed by atoms with Crippen LogP contribution in [0.1, 0.15) is 23.2 Å². The van der Waals surface area contributed by atoms with Crippen LogP contribution in [-0.2, 0) is 0 Å². The van der Waals surface area contributed by atoms with Crippen molar-refractivity contribution in [2.75, 3.05) is 29.9 Å². The number of pyridine rings is 1. The lowest BCUT2D eigenvalue weighted by molar-refractivity contribution is 0.0696. The molecule has 8 nitrogen and oxygen atoms in total. The van der Waals surface area contributed by atoms with Crippen molar-refractivity contribution in [3.8, 4) is 11.1 Å². The second kappa shape index (κ2) is 9.46. The normalized spacial score (nSPS) is 16.1. The van der Waals surface area contributed by atoms with Crippen LogP contribution in [-0.4, -0.2) is 50.8 Å². The molecule has 0 radical (unpaired) electrons. The van der Waals surface area contributed by atoms with E-state index >= 15 is 0 Å². The standard InChI is InChI=1S/C22H21ClFN5O3/c23-18-7-16(3-4-19(18)24)27-22-26-10-17(14-6-15(21(31)32)9-25-8-14)20(28-22)29-5-1-2-13(11-29)12-30/h3-4,6-10,13,30H,1-2,5,11-12H2,(H,31,32)(H,26,27,28). The maximum Gasteiger partial charge on any atom is 0.337 e. The van der Waals surface area contributed by atoms with E-state index in [2.05, 4.69) is 25.2 Å². The Bertz CT molecular complexity index is 1150. The summed E-state index contributed by atoms with van der Waals surface area (Å²) in [7, 11) is 0. The number of aromatic carboxylic acids is 1. The van der Waals surface area contributed by atoms with Gasteiger partial charge in [0.15, 0.2) is 0 Å². The molecule has 10 heteroatoms. The number of nitrogens with one attached hydrogen (secondary N) is 1. The Morgan fingerprint density at radius 3 is 2.88 bits per heavy atom. The maximum absolute atomic E-state index is 13.5. The summed E-state index contributed by atoms with van der Waals surface area (Å²) in [6.07, 6.45) is 6.25. The van der Waals surface area contributed by atoms with E-state index < -0.39 is 11.8 Å². The van der Waals surface area contributed by atoms with Gasteiger partial charge in [-0.15, -0.1) is 0 Å². The summed E-state index contributed by atoms with van der Waals surface area (Å²) >= 11 is 5.87. The molecule has 166 valence electrons. The molecule has 1 unspecified atom stereocenters. The van der Waals surface area contributed by atoms with Crippen molar-refractivity contribution in [2.24, 2.45) is 5.92 Å². The van der Waals surface area contributed by atoms with Gasteiger partial charge in [-0.2, -0.15) is 4.98 Å². The molecule has 1 aromatic carbocycles. The molecule has 0 aliphatic carbocycles. The summed E-state index contributed by atoms with van der Waals surface area (Å²) in [4.78, 5) is 26.5. The van der Waals surface area contributed by atoms with Gasteiger partial charge in [-0.25, -0.2) is 14.2 Å². The van der Waals surface area contributed by atoms with Crippen LogP contribution in [0.2, 0.25) is 5.02 Å². The molecule has 0 bridgehead atoms. The monoisotopic (exact) mass is 457 g/mol. The highest BCUT2D eigenvalue weighted by atomic mass is 35.5. The highest BCUT2D eigenvalue weighted by molar-refractivity contribution is 6.31. The summed E-state index contributed by atoms with van der Waals surface area (Å²) in [6.45, 7) is 1.41. The Balaban J connectivity index is 1.74. The van der Waals surface area contributed by atoms with Crippen LogP contribution in [0.4, 0.5) is 21.8 Å². The fourth-order valence-corrected chi connectivity index (χ4v) is 3.87. The van der Waals surface area contributed by atoms with Gasteiger partial charge in [-0.05, 0) is 43.0 Å². The quantitative estimate of drug-likeness (QED) is 0.509. The SMILES string of the molecule is O=C(O)c1cncc(-c2cnc(Nc3ccc(F)c(Cl)c3)nc2N2CCCC(CO)C2)c1. The van der Waals surface area contributed by atoms with E-state index in [1.165, 1.54) is 30.5 Å². The number of anilines is 3. The number of hydrogen-bond acceptors (Lipinski definition) is 7. The Morgan fingerprint density at radius 2 is 2.12 bits per heavy atom. The predicted molar refractivity (Wildman–Crippen MR) is 119 cm³/mol. The molecule has 2 aromatic heterocycles. The van der Waals surface area contributed by atoms with Gasteiger partial charge in [-0.1, -0.05) is 11.6 Å².